The number of nitrogens with one attached hydrogen (secondary N) is 2. The molecular formula is C9H14BrN3. The molecule has 1 atom stereocenters. The van der Waals surface area contributed by atoms with Crippen molar-refractivity contribution < 1.29 is 0 Å². The highest BCUT2D eigenvalue weighted by atomic mass is 79.9. The van der Waals surface area contributed by atoms with Gasteiger partial charge >= 0.3 is 0 Å². The number of aromatic amines is 1. The minimum absolute atomic E-state index is 0.640. The van der Waals surface area contributed by atoms with Crippen LogP contribution in [-0.2, 0) is 6.42 Å². The van der Waals surface area contributed by atoms with Gasteiger partial charge in [0, 0.05) is 18.2 Å². The Morgan fingerprint density at radius 1 is 1.54 bits per heavy atom. The smallest absolute Gasteiger partial charge is 0.128 e. The highest BCUT2D eigenvalue weighted by molar-refractivity contribution is 9.10. The molecule has 2 N–H and O–H groups in total. The number of halogens is 1. The summed E-state index contributed by atoms with van der Waals surface area (Å²) in [4.78, 5) is 0. The zero-order valence-corrected chi connectivity index (χ0v) is 9.10. The maximum absolute atomic E-state index is 4.05. The van der Waals surface area contributed by atoms with Gasteiger partial charge in [0.25, 0.3) is 0 Å². The molecule has 72 valence electrons. The van der Waals surface area contributed by atoms with Gasteiger partial charge < -0.3 is 5.32 Å². The van der Waals surface area contributed by atoms with Crippen molar-refractivity contribution in [2.75, 3.05) is 6.54 Å². The Morgan fingerprint density at radius 2 is 2.46 bits per heavy atom. The molecule has 1 fully saturated rings. The molecule has 1 aromatic heterocycles. The predicted molar refractivity (Wildman–Crippen MR) is 55.6 cm³/mol. The van der Waals surface area contributed by atoms with Crippen LogP contribution in [0.3, 0.4) is 0 Å². The Bertz CT molecular complexity index is 266. The van der Waals surface area contributed by atoms with Gasteiger partial charge in [-0.15, -0.1) is 0 Å². The molecule has 1 aromatic rings. The van der Waals surface area contributed by atoms with Crippen molar-refractivity contribution in [3.8, 4) is 0 Å². The second-order valence-electron chi connectivity index (χ2n) is 3.57. The molecule has 0 spiro atoms. The third-order valence-electron chi connectivity index (χ3n) is 2.48. The second kappa shape index (κ2) is 4.24. The van der Waals surface area contributed by atoms with E-state index in [9.17, 15) is 0 Å². The number of H-pyrrole nitrogens is 1. The quantitative estimate of drug-likeness (QED) is 0.833. The molecule has 1 unspecified atom stereocenters. The fourth-order valence-electron chi connectivity index (χ4n) is 1.80. The number of hydrogen-bond donors (Lipinski definition) is 2. The minimum atomic E-state index is 0.640. The van der Waals surface area contributed by atoms with Gasteiger partial charge in [-0.3, -0.25) is 5.10 Å². The van der Waals surface area contributed by atoms with Crippen LogP contribution in [0.5, 0.6) is 0 Å². The molecule has 0 aliphatic carbocycles. The molecule has 0 bridgehead atoms. The highest BCUT2D eigenvalue weighted by Gasteiger charge is 2.13. The Kier molecular flexibility index (Phi) is 3.01. The van der Waals surface area contributed by atoms with Crippen molar-refractivity contribution in [3.05, 3.63) is 16.4 Å². The molecule has 1 saturated heterocycles. The van der Waals surface area contributed by atoms with E-state index in [4.69, 9.17) is 0 Å². The largest absolute Gasteiger partial charge is 0.314 e. The van der Waals surface area contributed by atoms with E-state index >= 15 is 0 Å². The van der Waals surface area contributed by atoms with Crippen LogP contribution < -0.4 is 5.32 Å². The summed E-state index contributed by atoms with van der Waals surface area (Å²) in [6.45, 7) is 1.17. The SMILES string of the molecule is Brc1cc(CC2CCCCN2)[nH]n1. The first-order valence-electron chi connectivity index (χ1n) is 4.78. The van der Waals surface area contributed by atoms with E-state index in [2.05, 4.69) is 37.5 Å². The van der Waals surface area contributed by atoms with E-state index < -0.39 is 0 Å². The van der Waals surface area contributed by atoms with E-state index in [0.29, 0.717) is 6.04 Å². The molecular weight excluding hydrogens is 230 g/mol. The monoisotopic (exact) mass is 243 g/mol. The summed E-state index contributed by atoms with van der Waals surface area (Å²) in [5.41, 5.74) is 1.21. The lowest BCUT2D eigenvalue weighted by Crippen LogP contribution is -2.35. The molecule has 13 heavy (non-hydrogen) atoms. The first-order chi connectivity index (χ1) is 6.34. The van der Waals surface area contributed by atoms with E-state index in [1.54, 1.807) is 0 Å². The van der Waals surface area contributed by atoms with Crippen molar-refractivity contribution in [3.63, 3.8) is 0 Å². The van der Waals surface area contributed by atoms with Gasteiger partial charge in [-0.05, 0) is 41.4 Å². The van der Waals surface area contributed by atoms with Gasteiger partial charge in [0.1, 0.15) is 4.60 Å². The molecule has 2 rings (SSSR count). The third kappa shape index (κ3) is 2.54. The number of hydrogen-bond acceptors (Lipinski definition) is 2. The van der Waals surface area contributed by atoms with Gasteiger partial charge in [-0.1, -0.05) is 6.42 Å². The Morgan fingerprint density at radius 3 is 3.08 bits per heavy atom. The van der Waals surface area contributed by atoms with Crippen molar-refractivity contribution in [1.82, 2.24) is 15.5 Å². The lowest BCUT2D eigenvalue weighted by atomic mass is 10.0. The molecule has 1 aliphatic heterocycles. The van der Waals surface area contributed by atoms with Crippen LogP contribution in [0, 0.1) is 0 Å². The standard InChI is InChI=1S/C9H14BrN3/c10-9-6-8(12-13-9)5-7-3-1-2-4-11-7/h6-7,11H,1-5H2,(H,12,13). The van der Waals surface area contributed by atoms with Gasteiger partial charge in [-0.2, -0.15) is 5.10 Å². The highest BCUT2D eigenvalue weighted by Crippen LogP contribution is 2.13. The van der Waals surface area contributed by atoms with E-state index in [1.165, 1.54) is 31.5 Å². The van der Waals surface area contributed by atoms with Gasteiger partial charge in [0.05, 0.1) is 0 Å². The van der Waals surface area contributed by atoms with E-state index in [1.807, 2.05) is 0 Å². The summed E-state index contributed by atoms with van der Waals surface area (Å²) in [5.74, 6) is 0. The van der Waals surface area contributed by atoms with Crippen LogP contribution in [0.1, 0.15) is 25.0 Å². The van der Waals surface area contributed by atoms with Crippen LogP contribution in [0.4, 0.5) is 0 Å². The number of aromatic nitrogens is 2. The maximum Gasteiger partial charge on any atom is 0.128 e. The normalized spacial score (nSPS) is 23.3. The van der Waals surface area contributed by atoms with Crippen LogP contribution in [0.15, 0.2) is 10.7 Å². The molecule has 0 radical (unpaired) electrons. The van der Waals surface area contributed by atoms with Crippen LogP contribution >= 0.6 is 15.9 Å². The molecule has 1 aliphatic rings. The van der Waals surface area contributed by atoms with Crippen LogP contribution in [0.2, 0.25) is 0 Å². The molecule has 0 saturated carbocycles. The summed E-state index contributed by atoms with van der Waals surface area (Å²) in [5, 5.41) is 10.6. The van der Waals surface area contributed by atoms with Crippen LogP contribution in [0.25, 0.3) is 0 Å². The summed E-state index contributed by atoms with van der Waals surface area (Å²) >= 11 is 3.33. The maximum atomic E-state index is 4.05. The summed E-state index contributed by atoms with van der Waals surface area (Å²) in [6, 6.07) is 2.69. The Hall–Kier alpha value is -0.350. The first-order valence-corrected chi connectivity index (χ1v) is 5.57. The average Bonchev–Trinajstić information content (AvgIpc) is 2.53. The lowest BCUT2D eigenvalue weighted by molar-refractivity contribution is 0.397. The Balaban J connectivity index is 1.89. The predicted octanol–water partition coefficient (Wildman–Crippen LogP) is 1.86. The van der Waals surface area contributed by atoms with Gasteiger partial charge in [0.15, 0.2) is 0 Å². The molecule has 4 heteroatoms. The summed E-state index contributed by atoms with van der Waals surface area (Å²) in [6.07, 6.45) is 5.03. The van der Waals surface area contributed by atoms with E-state index in [-0.39, 0.29) is 0 Å². The van der Waals surface area contributed by atoms with Crippen molar-refractivity contribution in [2.24, 2.45) is 0 Å². The fourth-order valence-corrected chi connectivity index (χ4v) is 2.17. The average molecular weight is 244 g/mol. The molecule has 0 aromatic carbocycles. The van der Waals surface area contributed by atoms with E-state index in [0.717, 1.165) is 11.0 Å². The summed E-state index contributed by atoms with van der Waals surface area (Å²) < 4.78 is 0.901. The van der Waals surface area contributed by atoms with Crippen molar-refractivity contribution in [1.29, 1.82) is 0 Å². The number of piperidine rings is 1. The Labute approximate surface area is 86.4 Å². The first kappa shape index (κ1) is 9.21. The third-order valence-corrected chi connectivity index (χ3v) is 2.88. The topological polar surface area (TPSA) is 40.7 Å². The van der Waals surface area contributed by atoms with Crippen LogP contribution in [-0.4, -0.2) is 22.8 Å². The lowest BCUT2D eigenvalue weighted by Gasteiger charge is -2.22. The molecule has 3 nitrogen and oxygen atoms in total. The zero-order chi connectivity index (χ0) is 9.10. The zero-order valence-electron chi connectivity index (χ0n) is 7.52. The molecule has 0 amide bonds. The number of rotatable bonds is 2. The fraction of sp³-hybridized carbons (Fsp3) is 0.667. The minimum Gasteiger partial charge on any atom is -0.314 e. The number of nitrogens with zero attached hydrogens (tertiary/aromatic N) is 1. The van der Waals surface area contributed by atoms with Gasteiger partial charge in [0.2, 0.25) is 0 Å². The molecule has 2 heterocycles. The second-order valence-corrected chi connectivity index (χ2v) is 4.38. The van der Waals surface area contributed by atoms with Crippen molar-refractivity contribution in [2.45, 2.75) is 31.7 Å². The van der Waals surface area contributed by atoms with Crippen molar-refractivity contribution >= 4 is 15.9 Å². The summed E-state index contributed by atoms with van der Waals surface area (Å²) in [7, 11) is 0. The van der Waals surface area contributed by atoms with Gasteiger partial charge in [-0.25, -0.2) is 0 Å².